The normalized spacial score (nSPS) is 11.1. The number of hydrogen-bond acceptors (Lipinski definition) is 5. The third-order valence-corrected chi connectivity index (χ3v) is 4.10. The molecule has 0 aliphatic rings. The minimum absolute atomic E-state index is 0.701. The Bertz CT molecular complexity index is 1030. The molecule has 0 atom stereocenters. The van der Waals surface area contributed by atoms with Gasteiger partial charge in [0.1, 0.15) is 12.1 Å². The van der Waals surface area contributed by atoms with Crippen LogP contribution in [0, 0.1) is 20.8 Å². The fraction of sp³-hybridized carbons (Fsp3) is 0.176. The zero-order chi connectivity index (χ0) is 16.7. The smallest absolute Gasteiger partial charge is 0.160 e. The summed E-state index contributed by atoms with van der Waals surface area (Å²) < 4.78 is 1.94. The first kappa shape index (κ1) is 14.4. The van der Waals surface area contributed by atoms with Crippen molar-refractivity contribution in [3.8, 4) is 5.69 Å². The van der Waals surface area contributed by atoms with Crippen molar-refractivity contribution in [1.82, 2.24) is 29.9 Å². The number of nitrogens with zero attached hydrogens (tertiary/aromatic N) is 5. The van der Waals surface area contributed by atoms with E-state index in [1.807, 2.05) is 17.8 Å². The van der Waals surface area contributed by atoms with E-state index in [-0.39, 0.29) is 0 Å². The Hall–Kier alpha value is -3.22. The summed E-state index contributed by atoms with van der Waals surface area (Å²) in [5, 5.41) is 15.6. The maximum absolute atomic E-state index is 4.54. The Kier molecular flexibility index (Phi) is 3.26. The Morgan fingerprint density at radius 2 is 1.96 bits per heavy atom. The van der Waals surface area contributed by atoms with Crippen LogP contribution >= 0.6 is 0 Å². The fourth-order valence-corrected chi connectivity index (χ4v) is 2.71. The van der Waals surface area contributed by atoms with Gasteiger partial charge in [0.15, 0.2) is 5.65 Å². The first-order valence-electron chi connectivity index (χ1n) is 7.67. The van der Waals surface area contributed by atoms with Crippen molar-refractivity contribution in [2.75, 3.05) is 5.32 Å². The molecule has 3 heterocycles. The quantitative estimate of drug-likeness (QED) is 0.606. The first-order valence-corrected chi connectivity index (χ1v) is 7.67. The molecule has 24 heavy (non-hydrogen) atoms. The van der Waals surface area contributed by atoms with Crippen molar-refractivity contribution < 1.29 is 0 Å². The summed E-state index contributed by atoms with van der Waals surface area (Å²) in [6.07, 6.45) is 5.03. The maximum atomic E-state index is 4.54. The van der Waals surface area contributed by atoms with E-state index in [1.54, 1.807) is 6.20 Å². The van der Waals surface area contributed by atoms with Crippen LogP contribution in [0.3, 0.4) is 0 Å². The van der Waals surface area contributed by atoms with Crippen LogP contribution in [0.1, 0.15) is 16.8 Å². The van der Waals surface area contributed by atoms with Crippen LogP contribution in [0.4, 0.5) is 11.5 Å². The SMILES string of the molecule is Cc1ccc(C)c(-n2ncc(Nc3ncnc4[nH]ncc34)c2C)c1. The van der Waals surface area contributed by atoms with Crippen molar-refractivity contribution >= 4 is 22.5 Å². The Labute approximate surface area is 138 Å². The van der Waals surface area contributed by atoms with Crippen LogP contribution in [0.5, 0.6) is 0 Å². The highest BCUT2D eigenvalue weighted by molar-refractivity contribution is 5.87. The van der Waals surface area contributed by atoms with E-state index in [4.69, 9.17) is 0 Å². The molecule has 0 spiro atoms. The van der Waals surface area contributed by atoms with E-state index in [1.165, 1.54) is 17.5 Å². The average molecular weight is 319 g/mol. The predicted octanol–water partition coefficient (Wildman–Crippen LogP) is 3.21. The summed E-state index contributed by atoms with van der Waals surface area (Å²) in [4.78, 5) is 8.46. The fourth-order valence-electron chi connectivity index (χ4n) is 2.71. The molecular weight excluding hydrogens is 302 g/mol. The van der Waals surface area contributed by atoms with E-state index >= 15 is 0 Å². The number of H-pyrrole nitrogens is 1. The minimum atomic E-state index is 0.701. The second-order valence-corrected chi connectivity index (χ2v) is 5.82. The zero-order valence-electron chi connectivity index (χ0n) is 13.7. The van der Waals surface area contributed by atoms with Gasteiger partial charge in [-0.1, -0.05) is 12.1 Å². The first-order chi connectivity index (χ1) is 11.6. The number of nitrogens with one attached hydrogen (secondary N) is 2. The third kappa shape index (κ3) is 2.30. The van der Waals surface area contributed by atoms with Crippen molar-refractivity contribution in [3.05, 3.63) is 53.7 Å². The number of aryl methyl sites for hydroxylation is 2. The van der Waals surface area contributed by atoms with Crippen LogP contribution in [-0.2, 0) is 0 Å². The topological polar surface area (TPSA) is 84.3 Å². The molecule has 7 heteroatoms. The molecule has 0 radical (unpaired) electrons. The lowest BCUT2D eigenvalue weighted by Gasteiger charge is -2.10. The van der Waals surface area contributed by atoms with Gasteiger partial charge in [0.05, 0.1) is 34.8 Å². The molecule has 120 valence electrons. The highest BCUT2D eigenvalue weighted by atomic mass is 15.3. The van der Waals surface area contributed by atoms with Gasteiger partial charge in [0, 0.05) is 0 Å². The van der Waals surface area contributed by atoms with Crippen LogP contribution < -0.4 is 5.32 Å². The standard InChI is InChI=1S/C17H17N7/c1-10-4-5-11(2)15(6-10)24-12(3)14(8-21-24)22-16-13-7-20-23-17(13)19-9-18-16/h4-9H,1-3H3,(H2,18,19,20,22,23). The van der Waals surface area contributed by atoms with Crippen molar-refractivity contribution in [1.29, 1.82) is 0 Å². The van der Waals surface area contributed by atoms with Crippen LogP contribution in [0.2, 0.25) is 0 Å². The highest BCUT2D eigenvalue weighted by Crippen LogP contribution is 2.26. The number of hydrogen-bond donors (Lipinski definition) is 2. The molecule has 0 unspecified atom stereocenters. The summed E-state index contributed by atoms with van der Waals surface area (Å²) in [6, 6.07) is 6.35. The molecule has 4 aromatic rings. The average Bonchev–Trinajstić information content (AvgIpc) is 3.18. The molecule has 0 saturated carbocycles. The maximum Gasteiger partial charge on any atom is 0.160 e. The third-order valence-electron chi connectivity index (χ3n) is 4.10. The van der Waals surface area contributed by atoms with Crippen molar-refractivity contribution in [2.45, 2.75) is 20.8 Å². The van der Waals surface area contributed by atoms with E-state index in [0.29, 0.717) is 11.5 Å². The summed E-state index contributed by atoms with van der Waals surface area (Å²) in [5.74, 6) is 0.706. The highest BCUT2D eigenvalue weighted by Gasteiger charge is 2.13. The molecule has 0 amide bonds. The van der Waals surface area contributed by atoms with Crippen LogP contribution in [-0.4, -0.2) is 29.9 Å². The van der Waals surface area contributed by atoms with Gasteiger partial charge < -0.3 is 5.32 Å². The molecule has 3 aromatic heterocycles. The largest absolute Gasteiger partial charge is 0.337 e. The van der Waals surface area contributed by atoms with E-state index in [9.17, 15) is 0 Å². The van der Waals surface area contributed by atoms with E-state index in [0.717, 1.165) is 22.5 Å². The van der Waals surface area contributed by atoms with Gasteiger partial charge >= 0.3 is 0 Å². The van der Waals surface area contributed by atoms with E-state index in [2.05, 4.69) is 62.6 Å². The van der Waals surface area contributed by atoms with E-state index < -0.39 is 0 Å². The molecule has 4 rings (SSSR count). The number of rotatable bonds is 3. The molecule has 0 aliphatic carbocycles. The molecular formula is C17H17N7. The molecule has 1 aromatic carbocycles. The summed E-state index contributed by atoms with van der Waals surface area (Å²) in [6.45, 7) is 6.20. The lowest BCUT2D eigenvalue weighted by atomic mass is 10.1. The molecule has 2 N–H and O–H groups in total. The number of fused-ring (bicyclic) bond motifs is 1. The molecule has 0 aliphatic heterocycles. The molecule has 0 saturated heterocycles. The molecule has 0 fully saturated rings. The lowest BCUT2D eigenvalue weighted by Crippen LogP contribution is -2.03. The number of benzene rings is 1. The lowest BCUT2D eigenvalue weighted by molar-refractivity contribution is 0.839. The Morgan fingerprint density at radius 3 is 2.83 bits per heavy atom. The zero-order valence-corrected chi connectivity index (χ0v) is 13.7. The number of aromatic amines is 1. The summed E-state index contributed by atoms with van der Waals surface area (Å²) >= 11 is 0. The van der Waals surface area contributed by atoms with Crippen molar-refractivity contribution in [3.63, 3.8) is 0 Å². The second kappa shape index (κ2) is 5.45. The molecule has 0 bridgehead atoms. The van der Waals surface area contributed by atoms with Gasteiger partial charge in [0.25, 0.3) is 0 Å². The second-order valence-electron chi connectivity index (χ2n) is 5.82. The number of anilines is 2. The van der Waals surface area contributed by atoms with Gasteiger partial charge in [-0.3, -0.25) is 5.10 Å². The summed E-state index contributed by atoms with van der Waals surface area (Å²) in [5.41, 5.74) is 6.08. The van der Waals surface area contributed by atoms with Crippen molar-refractivity contribution in [2.24, 2.45) is 0 Å². The van der Waals surface area contributed by atoms with Gasteiger partial charge in [-0.25, -0.2) is 14.6 Å². The summed E-state index contributed by atoms with van der Waals surface area (Å²) in [7, 11) is 0. The van der Waals surface area contributed by atoms with Gasteiger partial charge in [-0.05, 0) is 38.0 Å². The number of aromatic nitrogens is 6. The van der Waals surface area contributed by atoms with Gasteiger partial charge in [-0.15, -0.1) is 0 Å². The minimum Gasteiger partial charge on any atom is -0.337 e. The van der Waals surface area contributed by atoms with Gasteiger partial charge in [-0.2, -0.15) is 10.2 Å². The predicted molar refractivity (Wildman–Crippen MR) is 92.7 cm³/mol. The molecule has 7 nitrogen and oxygen atoms in total. The monoisotopic (exact) mass is 319 g/mol. The van der Waals surface area contributed by atoms with Crippen LogP contribution in [0.25, 0.3) is 16.7 Å². The Balaban J connectivity index is 1.75. The van der Waals surface area contributed by atoms with Gasteiger partial charge in [0.2, 0.25) is 0 Å². The Morgan fingerprint density at radius 1 is 1.08 bits per heavy atom. The van der Waals surface area contributed by atoms with Crippen LogP contribution in [0.15, 0.2) is 36.9 Å².